The van der Waals surface area contributed by atoms with Crippen molar-refractivity contribution >= 4 is 18.2 Å². The highest BCUT2D eigenvalue weighted by Gasteiger charge is 2.57. The third kappa shape index (κ3) is 6.24. The molecule has 15 nitrogen and oxygen atoms in total. The number of hydrogen-bond donors (Lipinski definition) is 4. The van der Waals surface area contributed by atoms with Crippen molar-refractivity contribution in [2.45, 2.75) is 93.4 Å². The van der Waals surface area contributed by atoms with Gasteiger partial charge in [-0.2, -0.15) is 0 Å². The normalized spacial score (nSPS) is 28.8. The van der Waals surface area contributed by atoms with Crippen molar-refractivity contribution in [1.29, 1.82) is 0 Å². The second-order valence-electron chi connectivity index (χ2n) is 14.2. The predicted molar refractivity (Wildman–Crippen MR) is 184 cm³/mol. The number of nitrogens with zero attached hydrogens (tertiary/aromatic N) is 2. The maximum atomic E-state index is 11.9. The summed E-state index contributed by atoms with van der Waals surface area (Å²) in [6.45, 7) is 0.485. The summed E-state index contributed by atoms with van der Waals surface area (Å²) in [6.07, 6.45) is 1.19. The van der Waals surface area contributed by atoms with Crippen LogP contribution in [0.25, 0.3) is 0 Å². The van der Waals surface area contributed by atoms with Crippen molar-refractivity contribution in [3.05, 3.63) is 64.5 Å². The molecule has 282 valence electrons. The number of fused-ring (bicyclic) bond motifs is 7. The van der Waals surface area contributed by atoms with E-state index >= 15 is 0 Å². The Labute approximate surface area is 305 Å². The largest absolute Gasteiger partial charge is 0.493 e. The molecule has 1 saturated carbocycles. The van der Waals surface area contributed by atoms with Crippen LogP contribution in [0, 0.1) is 0 Å². The number of methoxy groups -OCH3 is 2. The van der Waals surface area contributed by atoms with Gasteiger partial charge in [0.05, 0.1) is 25.8 Å². The van der Waals surface area contributed by atoms with E-state index in [0.29, 0.717) is 36.1 Å². The fourth-order valence-electron chi connectivity index (χ4n) is 8.55. The summed E-state index contributed by atoms with van der Waals surface area (Å²) in [5, 5.41) is 41.2. The number of aliphatic imine (C=N–C) groups is 1. The van der Waals surface area contributed by atoms with Crippen molar-refractivity contribution in [3.63, 3.8) is 0 Å². The molecule has 1 spiro atoms. The number of carboxylic acid groups (broad SMARTS) is 1. The lowest BCUT2D eigenvalue weighted by atomic mass is 9.68. The number of esters is 1. The topological polar surface area (TPSA) is 195 Å². The Morgan fingerprint density at radius 2 is 1.85 bits per heavy atom. The van der Waals surface area contributed by atoms with Crippen molar-refractivity contribution < 1.29 is 63.2 Å². The Morgan fingerprint density at radius 3 is 2.58 bits per heavy atom. The molecule has 0 bridgehead atoms. The molecule has 1 saturated heterocycles. The number of rotatable bonds is 10. The molecule has 0 unspecified atom stereocenters. The highest BCUT2D eigenvalue weighted by molar-refractivity contribution is 5.90. The number of allylic oxidation sites excluding steroid dienone is 1. The number of ether oxygens (including phenoxy) is 7. The standard InChI is InChI=1S/C38H42N2O13/c1-47-24-7-6-22-30-36(52-34(22)35(24)48-2)29-20(16-40-15-19-8-11-39-23(19)17-40)12-21(13-25(29)53-38(30)9-4-3-5-10-38)50-37-33(46)32(45)31(44)26(51-37)18-49-28(43)14-27(41)42/h6-8,11-13,17,26,30-33,36-37,44-46H,3-5,9-10,14-16,18H2,1-2H3,(H,41,42)/t26-,30+,31-,32+,33-,36+,37-/m1/s1. The number of carbonyl (C=O) groups excluding carboxylic acids is 1. The molecular weight excluding hydrogens is 692 g/mol. The Hall–Kier alpha value is -4.83. The van der Waals surface area contributed by atoms with E-state index in [-0.39, 0.29) is 11.7 Å². The van der Waals surface area contributed by atoms with Crippen molar-refractivity contribution in [3.8, 4) is 28.7 Å². The zero-order chi connectivity index (χ0) is 37.0. The molecule has 2 fully saturated rings. The average molecular weight is 735 g/mol. The number of carbonyl (C=O) groups is 2. The summed E-state index contributed by atoms with van der Waals surface area (Å²) < 4.78 is 42.6. The Morgan fingerprint density at radius 1 is 1.04 bits per heavy atom. The molecular formula is C38H42N2O13. The molecule has 2 aromatic rings. The van der Waals surface area contributed by atoms with Crippen LogP contribution < -0.4 is 23.7 Å². The van der Waals surface area contributed by atoms with Gasteiger partial charge in [-0.15, -0.1) is 0 Å². The fraction of sp³-hybridized carbons (Fsp3) is 0.500. The van der Waals surface area contributed by atoms with Gasteiger partial charge in [-0.1, -0.05) is 12.5 Å². The molecule has 8 rings (SSSR count). The number of carboxylic acids is 1. The Balaban J connectivity index is 1.17. The minimum absolute atomic E-state index is 0.149. The fourth-order valence-corrected chi connectivity index (χ4v) is 8.55. The van der Waals surface area contributed by atoms with Crippen LogP contribution in [-0.2, 0) is 25.6 Å². The van der Waals surface area contributed by atoms with Crippen molar-refractivity contribution in [2.75, 3.05) is 27.4 Å². The van der Waals surface area contributed by atoms with Gasteiger partial charge in [-0.05, 0) is 49.5 Å². The molecule has 4 N–H and O–H groups in total. The first-order valence-electron chi connectivity index (χ1n) is 17.8. The lowest BCUT2D eigenvalue weighted by molar-refractivity contribution is -0.278. The Bertz CT molecular complexity index is 1890. The van der Waals surface area contributed by atoms with Crippen LogP contribution in [0.15, 0.2) is 52.8 Å². The van der Waals surface area contributed by atoms with E-state index in [4.69, 9.17) is 38.3 Å². The third-order valence-electron chi connectivity index (χ3n) is 11.0. The van der Waals surface area contributed by atoms with Gasteiger partial charge in [-0.25, -0.2) is 0 Å². The zero-order valence-corrected chi connectivity index (χ0v) is 29.3. The average Bonchev–Trinajstić information content (AvgIpc) is 3.85. The first-order valence-corrected chi connectivity index (χ1v) is 17.8. The molecule has 1 aliphatic carbocycles. The zero-order valence-electron chi connectivity index (χ0n) is 29.3. The van der Waals surface area contributed by atoms with Gasteiger partial charge >= 0.3 is 11.9 Å². The molecule has 0 aromatic heterocycles. The number of hydrogen-bond acceptors (Lipinski definition) is 14. The van der Waals surface area contributed by atoms with Crippen LogP contribution in [0.5, 0.6) is 28.7 Å². The lowest BCUT2D eigenvalue weighted by Gasteiger charge is -2.48. The number of benzene rings is 2. The second-order valence-corrected chi connectivity index (χ2v) is 14.2. The molecule has 15 heteroatoms. The highest BCUT2D eigenvalue weighted by Crippen LogP contribution is 2.64. The van der Waals surface area contributed by atoms with Gasteiger partial charge in [0.15, 0.2) is 11.5 Å². The van der Waals surface area contributed by atoms with Crippen molar-refractivity contribution in [2.24, 2.45) is 4.99 Å². The summed E-state index contributed by atoms with van der Waals surface area (Å²) in [5.41, 5.74) is 4.05. The van der Waals surface area contributed by atoms with Crippen molar-refractivity contribution in [1.82, 2.24) is 4.90 Å². The maximum absolute atomic E-state index is 11.9. The number of aliphatic hydroxyl groups is 3. The van der Waals surface area contributed by atoms with E-state index < -0.39 is 67.4 Å². The van der Waals surface area contributed by atoms with Crippen LogP contribution in [0.2, 0.25) is 0 Å². The van der Waals surface area contributed by atoms with Gasteiger partial charge in [0.2, 0.25) is 12.0 Å². The van der Waals surface area contributed by atoms with Crippen LogP contribution in [0.3, 0.4) is 0 Å². The molecule has 53 heavy (non-hydrogen) atoms. The van der Waals surface area contributed by atoms with Crippen LogP contribution >= 0.6 is 0 Å². The van der Waals surface area contributed by atoms with E-state index in [1.807, 2.05) is 30.5 Å². The second kappa shape index (κ2) is 13.9. The van der Waals surface area contributed by atoms with E-state index in [1.54, 1.807) is 26.5 Å². The van der Waals surface area contributed by atoms with Crippen LogP contribution in [0.4, 0.5) is 0 Å². The van der Waals surface area contributed by atoms with Crippen LogP contribution in [-0.4, -0.2) is 107 Å². The Kier molecular flexibility index (Phi) is 9.21. The summed E-state index contributed by atoms with van der Waals surface area (Å²) in [6, 6.07) is 7.49. The third-order valence-corrected chi connectivity index (χ3v) is 11.0. The van der Waals surface area contributed by atoms with Gasteiger partial charge in [-0.3, -0.25) is 14.6 Å². The molecule has 0 radical (unpaired) electrons. The highest BCUT2D eigenvalue weighted by atomic mass is 16.7. The van der Waals surface area contributed by atoms with E-state index in [2.05, 4.69) is 9.89 Å². The molecule has 7 atom stereocenters. The molecule has 2 aromatic carbocycles. The van der Waals surface area contributed by atoms with E-state index in [0.717, 1.165) is 60.1 Å². The lowest BCUT2D eigenvalue weighted by Crippen LogP contribution is -2.60. The molecule has 5 aliphatic heterocycles. The summed E-state index contributed by atoms with van der Waals surface area (Å²) in [4.78, 5) is 29.4. The first kappa shape index (κ1) is 35.2. The monoisotopic (exact) mass is 734 g/mol. The summed E-state index contributed by atoms with van der Waals surface area (Å²) in [7, 11) is 3.18. The summed E-state index contributed by atoms with van der Waals surface area (Å²) >= 11 is 0. The quantitative estimate of drug-likeness (QED) is 0.206. The van der Waals surface area contributed by atoms with Crippen LogP contribution in [0.1, 0.15) is 67.2 Å². The number of aliphatic hydroxyl groups excluding tert-OH is 3. The first-order chi connectivity index (χ1) is 25.6. The van der Waals surface area contributed by atoms with Gasteiger partial charge in [0.1, 0.15) is 60.6 Å². The SMILES string of the molecule is COc1ccc2c(c1OC)O[C@H]1c3c(CN4C=C5N=CC=C5C4)cc(O[C@@H]4O[C@H](COC(=O)CC(=O)O)[C@@H](O)[C@H](O)[C@H]4O)cc3OC3(CCCCC3)[C@@H]21. The molecule has 6 aliphatic rings. The van der Waals surface area contributed by atoms with E-state index in [1.165, 1.54) is 0 Å². The van der Waals surface area contributed by atoms with E-state index in [9.17, 15) is 24.9 Å². The van der Waals surface area contributed by atoms with Gasteiger partial charge in [0, 0.05) is 48.3 Å². The smallest absolute Gasteiger partial charge is 0.317 e. The summed E-state index contributed by atoms with van der Waals surface area (Å²) in [5.74, 6) is -0.0743. The number of aliphatic carboxylic acids is 1. The predicted octanol–water partition coefficient (Wildman–Crippen LogP) is 2.89. The maximum Gasteiger partial charge on any atom is 0.317 e. The van der Waals surface area contributed by atoms with Gasteiger partial charge < -0.3 is 58.5 Å². The van der Waals surface area contributed by atoms with Gasteiger partial charge in [0.25, 0.3) is 0 Å². The molecule has 5 heterocycles. The minimum atomic E-state index is -1.72. The minimum Gasteiger partial charge on any atom is -0.493 e. The molecule has 0 amide bonds.